The third-order valence-electron chi connectivity index (χ3n) is 4.03. The number of barbiturate groups is 1. The van der Waals surface area contributed by atoms with E-state index in [1.54, 1.807) is 31.2 Å². The molecule has 3 rings (SSSR count). The average molecular weight is 413 g/mol. The molecule has 5 amide bonds. The van der Waals surface area contributed by atoms with E-state index in [0.29, 0.717) is 23.7 Å². The molecule has 156 valence electrons. The number of amides is 5. The molecule has 1 aromatic heterocycles. The quantitative estimate of drug-likeness (QED) is 0.489. The van der Waals surface area contributed by atoms with Gasteiger partial charge >= 0.3 is 6.03 Å². The van der Waals surface area contributed by atoms with Crippen molar-refractivity contribution in [2.24, 2.45) is 5.73 Å². The Kier molecular flexibility index (Phi) is 6.16. The Bertz CT molecular complexity index is 1010. The maximum absolute atomic E-state index is 12.8. The number of urea groups is 1. The highest BCUT2D eigenvalue weighted by Gasteiger charge is 2.36. The number of nitrogens with two attached hydrogens (primary N) is 1. The fourth-order valence-corrected chi connectivity index (χ4v) is 2.71. The van der Waals surface area contributed by atoms with E-state index in [4.69, 9.17) is 19.6 Å². The van der Waals surface area contributed by atoms with Crippen molar-refractivity contribution in [3.8, 4) is 11.5 Å². The summed E-state index contributed by atoms with van der Waals surface area (Å²) in [6.45, 7) is 1.63. The highest BCUT2D eigenvalue weighted by Crippen LogP contribution is 2.30. The number of primary amides is 1. The van der Waals surface area contributed by atoms with Gasteiger partial charge in [-0.15, -0.1) is 0 Å². The highest BCUT2D eigenvalue weighted by molar-refractivity contribution is 6.30. The van der Waals surface area contributed by atoms with Crippen LogP contribution >= 0.6 is 0 Å². The maximum Gasteiger partial charge on any atom is 0.331 e. The third-order valence-corrected chi connectivity index (χ3v) is 4.03. The van der Waals surface area contributed by atoms with Crippen LogP contribution in [0.2, 0.25) is 0 Å². The second-order valence-corrected chi connectivity index (χ2v) is 6.18. The lowest BCUT2D eigenvalue weighted by molar-refractivity contribution is -0.130. The van der Waals surface area contributed by atoms with Crippen LogP contribution in [0.25, 0.3) is 6.08 Å². The smallest absolute Gasteiger partial charge is 0.331 e. The number of rotatable bonds is 8. The normalized spacial score (nSPS) is 15.3. The van der Waals surface area contributed by atoms with Gasteiger partial charge in [0.1, 0.15) is 11.3 Å². The van der Waals surface area contributed by atoms with Crippen molar-refractivity contribution in [1.29, 1.82) is 0 Å². The van der Waals surface area contributed by atoms with Crippen LogP contribution in [-0.2, 0) is 20.9 Å². The maximum atomic E-state index is 12.8. The average Bonchev–Trinajstić information content (AvgIpc) is 3.21. The van der Waals surface area contributed by atoms with Crippen molar-refractivity contribution in [2.45, 2.75) is 13.5 Å². The summed E-state index contributed by atoms with van der Waals surface area (Å²) in [4.78, 5) is 48.9. The number of nitrogens with one attached hydrogen (secondary N) is 1. The molecule has 0 spiro atoms. The van der Waals surface area contributed by atoms with Gasteiger partial charge in [0.05, 0.1) is 19.4 Å². The molecule has 10 nitrogen and oxygen atoms in total. The Morgan fingerprint density at radius 1 is 1.20 bits per heavy atom. The fourth-order valence-electron chi connectivity index (χ4n) is 2.71. The molecule has 1 fully saturated rings. The van der Waals surface area contributed by atoms with Crippen LogP contribution in [0.1, 0.15) is 18.2 Å². The molecule has 0 bridgehead atoms. The van der Waals surface area contributed by atoms with Crippen LogP contribution in [0.15, 0.2) is 46.6 Å². The molecular formula is C20H19N3O7. The Balaban J connectivity index is 1.88. The second-order valence-electron chi connectivity index (χ2n) is 6.18. The minimum Gasteiger partial charge on any atom is -0.490 e. The van der Waals surface area contributed by atoms with Crippen LogP contribution in [0.3, 0.4) is 0 Å². The molecule has 30 heavy (non-hydrogen) atoms. The molecule has 1 aliphatic heterocycles. The van der Waals surface area contributed by atoms with E-state index >= 15 is 0 Å². The van der Waals surface area contributed by atoms with Crippen molar-refractivity contribution in [3.63, 3.8) is 0 Å². The molecule has 3 N–H and O–H groups in total. The van der Waals surface area contributed by atoms with Gasteiger partial charge in [0.2, 0.25) is 0 Å². The van der Waals surface area contributed by atoms with Gasteiger partial charge in [-0.3, -0.25) is 24.6 Å². The predicted molar refractivity (Wildman–Crippen MR) is 103 cm³/mol. The fraction of sp³-hybridized carbons (Fsp3) is 0.200. The Morgan fingerprint density at radius 2 is 2.00 bits per heavy atom. The first kappa shape index (κ1) is 20.6. The Labute approximate surface area is 171 Å². The lowest BCUT2D eigenvalue weighted by atomic mass is 10.1. The monoisotopic (exact) mass is 413 g/mol. The minimum atomic E-state index is -0.830. The first-order valence-electron chi connectivity index (χ1n) is 8.98. The number of hydrogen-bond donors (Lipinski definition) is 2. The van der Waals surface area contributed by atoms with E-state index in [1.807, 2.05) is 0 Å². The first-order chi connectivity index (χ1) is 14.4. The van der Waals surface area contributed by atoms with Gasteiger partial charge < -0.3 is 19.6 Å². The standard InChI is InChI=1S/C20H19N3O7/c1-2-28-16-9-12(5-6-15(16)30-11-17(21)24)8-14-18(25)22-20(27)23(19(14)26)10-13-4-3-7-29-13/h3-9H,2,10-11H2,1H3,(H2,21,24)(H,22,25,27)/b14-8+. The van der Waals surface area contributed by atoms with Gasteiger partial charge in [-0.25, -0.2) is 4.79 Å². The molecule has 1 aliphatic rings. The number of carbonyl (C=O) groups excluding carboxylic acids is 4. The molecule has 2 heterocycles. The van der Waals surface area contributed by atoms with Gasteiger partial charge in [0.25, 0.3) is 17.7 Å². The lowest BCUT2D eigenvalue weighted by Gasteiger charge is -2.25. The van der Waals surface area contributed by atoms with Crippen molar-refractivity contribution in [1.82, 2.24) is 10.2 Å². The zero-order chi connectivity index (χ0) is 21.7. The largest absolute Gasteiger partial charge is 0.490 e. The SMILES string of the molecule is CCOc1cc(/C=C2\C(=O)NC(=O)N(Cc3ccco3)C2=O)ccc1OCC(N)=O. The number of imide groups is 2. The second kappa shape index (κ2) is 8.95. The summed E-state index contributed by atoms with van der Waals surface area (Å²) in [6, 6.07) is 7.04. The number of nitrogens with zero attached hydrogens (tertiary/aromatic N) is 1. The van der Waals surface area contributed by atoms with Crippen LogP contribution in [-0.4, -0.2) is 41.9 Å². The highest BCUT2D eigenvalue weighted by atomic mass is 16.5. The molecule has 0 radical (unpaired) electrons. The van der Waals surface area contributed by atoms with Gasteiger partial charge in [-0.05, 0) is 42.8 Å². The summed E-state index contributed by atoms with van der Waals surface area (Å²) in [7, 11) is 0. The molecule has 1 saturated heterocycles. The third kappa shape index (κ3) is 4.66. The topological polar surface area (TPSA) is 141 Å². The van der Waals surface area contributed by atoms with E-state index in [-0.39, 0.29) is 24.5 Å². The molecule has 0 unspecified atom stereocenters. The van der Waals surface area contributed by atoms with E-state index in [9.17, 15) is 19.2 Å². The Hall–Kier alpha value is -4.08. The van der Waals surface area contributed by atoms with Gasteiger partial charge in [0, 0.05) is 0 Å². The number of benzene rings is 1. The van der Waals surface area contributed by atoms with Crippen LogP contribution in [0.5, 0.6) is 11.5 Å². The van der Waals surface area contributed by atoms with Gasteiger partial charge in [0.15, 0.2) is 18.1 Å². The summed E-state index contributed by atoms with van der Waals surface area (Å²) in [5, 5.41) is 2.14. The zero-order valence-corrected chi connectivity index (χ0v) is 16.0. The van der Waals surface area contributed by atoms with Gasteiger partial charge in [-0.1, -0.05) is 6.07 Å². The van der Waals surface area contributed by atoms with Crippen molar-refractivity contribution in [2.75, 3.05) is 13.2 Å². The molecule has 0 atom stereocenters. The summed E-state index contributed by atoms with van der Waals surface area (Å²) >= 11 is 0. The summed E-state index contributed by atoms with van der Waals surface area (Å²) in [6.07, 6.45) is 2.75. The van der Waals surface area contributed by atoms with Gasteiger partial charge in [-0.2, -0.15) is 0 Å². The lowest BCUT2D eigenvalue weighted by Crippen LogP contribution is -2.53. The molecular weight excluding hydrogens is 394 g/mol. The van der Waals surface area contributed by atoms with Crippen molar-refractivity contribution < 1.29 is 33.1 Å². The number of hydrogen-bond acceptors (Lipinski definition) is 7. The van der Waals surface area contributed by atoms with Crippen molar-refractivity contribution >= 4 is 29.8 Å². The van der Waals surface area contributed by atoms with Crippen LogP contribution in [0.4, 0.5) is 4.79 Å². The number of furan rings is 1. The van der Waals surface area contributed by atoms with Crippen LogP contribution in [0, 0.1) is 0 Å². The molecule has 2 aromatic rings. The molecule has 0 saturated carbocycles. The van der Waals surface area contributed by atoms with E-state index in [1.165, 1.54) is 18.4 Å². The minimum absolute atomic E-state index is 0.119. The number of ether oxygens (including phenoxy) is 2. The van der Waals surface area contributed by atoms with E-state index < -0.39 is 23.8 Å². The molecule has 1 aromatic carbocycles. The van der Waals surface area contributed by atoms with E-state index in [0.717, 1.165) is 4.90 Å². The predicted octanol–water partition coefficient (Wildman–Crippen LogP) is 1.20. The van der Waals surface area contributed by atoms with Crippen LogP contribution < -0.4 is 20.5 Å². The van der Waals surface area contributed by atoms with Crippen molar-refractivity contribution in [3.05, 3.63) is 53.5 Å². The summed E-state index contributed by atoms with van der Waals surface area (Å²) < 4.78 is 16.0. The number of carbonyl (C=O) groups is 4. The summed E-state index contributed by atoms with van der Waals surface area (Å²) in [5.41, 5.74) is 5.31. The zero-order valence-electron chi connectivity index (χ0n) is 16.0. The Morgan fingerprint density at radius 3 is 2.67 bits per heavy atom. The summed E-state index contributed by atoms with van der Waals surface area (Å²) in [5.74, 6) is -1.23. The van der Waals surface area contributed by atoms with E-state index in [2.05, 4.69) is 5.32 Å². The molecule has 0 aliphatic carbocycles. The first-order valence-corrected chi connectivity index (χ1v) is 8.98. The molecule has 10 heteroatoms.